The third-order valence-electron chi connectivity index (χ3n) is 8.32. The molecule has 2 heterocycles. The minimum absolute atomic E-state index is 0.0614. The highest BCUT2D eigenvalue weighted by Gasteiger charge is 2.42. The van der Waals surface area contributed by atoms with Crippen LogP contribution < -0.4 is 10.1 Å². The Morgan fingerprint density at radius 3 is 2.44 bits per heavy atom. The van der Waals surface area contributed by atoms with Crippen LogP contribution in [0, 0.1) is 25.5 Å². The molecule has 0 spiro atoms. The summed E-state index contributed by atoms with van der Waals surface area (Å²) in [6, 6.07) is 8.26. The molecule has 3 atom stereocenters. The molecule has 3 aromatic rings. The fourth-order valence-electron chi connectivity index (χ4n) is 6.03. The first kappa shape index (κ1) is 34.6. The second-order valence-electron chi connectivity index (χ2n) is 12.1. The van der Waals surface area contributed by atoms with Crippen LogP contribution in [0.2, 0.25) is 0 Å². The number of halogens is 5. The summed E-state index contributed by atoms with van der Waals surface area (Å²) in [4.78, 5) is 28.8. The smallest absolute Gasteiger partial charge is 0.416 e. The summed E-state index contributed by atoms with van der Waals surface area (Å²) in [5.74, 6) is -3.89. The van der Waals surface area contributed by atoms with Crippen LogP contribution in [-0.2, 0) is 9.59 Å². The van der Waals surface area contributed by atoms with E-state index in [1.165, 1.54) is 25.1 Å². The summed E-state index contributed by atoms with van der Waals surface area (Å²) in [5, 5.41) is 23.4. The van der Waals surface area contributed by atoms with E-state index in [9.17, 15) is 33.0 Å². The third kappa shape index (κ3) is 7.07. The molecule has 3 aromatic carbocycles. The number of aliphatic carboxylic acids is 1. The second-order valence-corrected chi connectivity index (χ2v) is 12.1. The average molecular weight is 672 g/mol. The summed E-state index contributed by atoms with van der Waals surface area (Å²) in [7, 11) is 3.32. The molecule has 0 saturated heterocycles. The number of hydrogen-bond donors (Lipinski definition) is 3. The zero-order valence-corrected chi connectivity index (χ0v) is 26.5. The molecule has 4 bridgehead atoms. The van der Waals surface area contributed by atoms with Crippen molar-refractivity contribution in [2.24, 2.45) is 0 Å². The molecule has 1 amide bonds. The number of ether oxygens (including phenoxy) is 1. The number of benzene rings is 3. The number of hydrogen-bond acceptors (Lipinski definition) is 6. The zero-order chi connectivity index (χ0) is 35.1. The zero-order valence-electron chi connectivity index (χ0n) is 26.5. The Balaban J connectivity index is 1.76. The van der Waals surface area contributed by atoms with E-state index in [2.05, 4.69) is 5.32 Å². The van der Waals surface area contributed by atoms with Gasteiger partial charge in [-0.1, -0.05) is 12.1 Å². The molecule has 3 N–H and O–H groups in total. The van der Waals surface area contributed by atoms with Crippen LogP contribution in [0.3, 0.4) is 0 Å². The quantitative estimate of drug-likeness (QED) is 0.251. The number of amides is 1. The molecule has 254 valence electrons. The molecular weight excluding hydrogens is 637 g/mol. The van der Waals surface area contributed by atoms with E-state index >= 15 is 8.78 Å². The highest BCUT2D eigenvalue weighted by Crippen LogP contribution is 2.43. The molecule has 0 aliphatic carbocycles. The molecule has 0 radical (unpaired) electrons. The summed E-state index contributed by atoms with van der Waals surface area (Å²) in [6.45, 7) is 3.45. The molecule has 5 rings (SSSR count). The van der Waals surface area contributed by atoms with Crippen molar-refractivity contribution in [1.29, 1.82) is 0 Å². The second kappa shape index (κ2) is 13.4. The number of carbonyl (C=O) groups excluding carboxylic acids is 1. The summed E-state index contributed by atoms with van der Waals surface area (Å²) >= 11 is 0. The van der Waals surface area contributed by atoms with Gasteiger partial charge in [0, 0.05) is 29.4 Å². The van der Waals surface area contributed by atoms with Crippen molar-refractivity contribution < 1.29 is 46.5 Å². The number of carbonyl (C=O) groups is 2. The van der Waals surface area contributed by atoms with Crippen LogP contribution in [0.1, 0.15) is 47.2 Å². The van der Waals surface area contributed by atoms with Crippen molar-refractivity contribution in [3.8, 4) is 22.6 Å². The molecule has 48 heavy (non-hydrogen) atoms. The van der Waals surface area contributed by atoms with Crippen LogP contribution in [0.25, 0.3) is 11.1 Å². The van der Waals surface area contributed by atoms with E-state index in [0.717, 1.165) is 22.7 Å². The van der Waals surface area contributed by atoms with Gasteiger partial charge in [0.2, 0.25) is 5.91 Å². The van der Waals surface area contributed by atoms with Crippen LogP contribution in [-0.4, -0.2) is 64.9 Å². The Bertz CT molecular complexity index is 1820. The van der Waals surface area contributed by atoms with Gasteiger partial charge in [-0.05, 0) is 99.1 Å². The van der Waals surface area contributed by atoms with Gasteiger partial charge in [0.15, 0.2) is 0 Å². The number of allylic oxidation sites excluding steroid dienone is 1. The van der Waals surface area contributed by atoms with Crippen molar-refractivity contribution in [1.82, 2.24) is 15.1 Å². The van der Waals surface area contributed by atoms with Crippen LogP contribution >= 0.6 is 0 Å². The maximum absolute atomic E-state index is 15.8. The number of carboxylic acids is 1. The van der Waals surface area contributed by atoms with E-state index in [1.807, 2.05) is 0 Å². The molecule has 2 aliphatic rings. The normalized spacial score (nSPS) is 19.6. The summed E-state index contributed by atoms with van der Waals surface area (Å²) < 4.78 is 80.1. The van der Waals surface area contributed by atoms with Crippen molar-refractivity contribution in [2.75, 3.05) is 20.6 Å². The molecule has 0 aromatic heterocycles. The minimum atomic E-state index is -4.85. The van der Waals surface area contributed by atoms with Crippen LogP contribution in [0.4, 0.5) is 22.0 Å². The number of rotatable bonds is 6. The molecule has 8 nitrogen and oxygen atoms in total. The van der Waals surface area contributed by atoms with E-state index in [0.29, 0.717) is 17.2 Å². The maximum atomic E-state index is 15.8. The SMILES string of the molecule is Cc1cc2cc(c1F)[C@H](CC(=O)O)NC(=O)[C@@H](N1C=C(CCN(C)C)C(C(F)(F)F)=CC1O)c1cc(ccc1F)Oc1cccc(C)c1-2. The van der Waals surface area contributed by atoms with Gasteiger partial charge in [0.05, 0.1) is 18.0 Å². The van der Waals surface area contributed by atoms with Crippen molar-refractivity contribution >= 4 is 11.9 Å². The Morgan fingerprint density at radius 2 is 1.77 bits per heavy atom. The Morgan fingerprint density at radius 1 is 1.04 bits per heavy atom. The lowest BCUT2D eigenvalue weighted by Gasteiger charge is -2.38. The number of aliphatic hydroxyl groups is 1. The Hall–Kier alpha value is -4.75. The minimum Gasteiger partial charge on any atom is -0.481 e. The topological polar surface area (TPSA) is 102 Å². The van der Waals surface area contributed by atoms with Gasteiger partial charge in [-0.25, -0.2) is 8.78 Å². The lowest BCUT2D eigenvalue weighted by molar-refractivity contribution is -0.138. The van der Waals surface area contributed by atoms with Gasteiger partial charge in [-0.2, -0.15) is 13.2 Å². The first-order valence-electron chi connectivity index (χ1n) is 15.0. The number of carboxylic acid groups (broad SMARTS) is 1. The molecule has 1 unspecified atom stereocenters. The number of nitrogens with zero attached hydrogens (tertiary/aromatic N) is 2. The molecular formula is C35H34F5N3O5. The van der Waals surface area contributed by atoms with Crippen molar-refractivity contribution in [3.63, 3.8) is 0 Å². The molecule has 0 fully saturated rings. The summed E-state index contributed by atoms with van der Waals surface area (Å²) in [6.07, 6.45) is -6.35. The molecule has 2 aliphatic heterocycles. The highest BCUT2D eigenvalue weighted by atomic mass is 19.4. The Kier molecular flexibility index (Phi) is 9.65. The highest BCUT2D eigenvalue weighted by molar-refractivity contribution is 5.85. The lowest BCUT2D eigenvalue weighted by atomic mass is 9.92. The number of alkyl halides is 3. The number of nitrogens with one attached hydrogen (secondary N) is 1. The largest absolute Gasteiger partial charge is 0.481 e. The predicted octanol–water partition coefficient (Wildman–Crippen LogP) is 6.69. The number of aryl methyl sites for hydroxylation is 2. The molecule has 13 heteroatoms. The van der Waals surface area contributed by atoms with Crippen molar-refractivity contribution in [2.45, 2.75) is 51.2 Å². The Labute approximate surface area is 273 Å². The standard InChI is InChI=1S/C35H34F5N3O5/c1-18-6-5-7-28-31(18)21-12-19(2)32(37)24(13-21)27(16-30(45)46)41-34(47)33(23-14-22(48-28)8-9-26(23)36)43-17-20(10-11-42(3)4)25(15-29(43)44)35(38,39)40/h5-9,12-15,17,27,29,33,44H,10-11,16H2,1-4H3,(H,41,47)(H,45,46)/t27-,29?,33-/m0/s1. The van der Waals surface area contributed by atoms with Gasteiger partial charge in [0.25, 0.3) is 0 Å². The van der Waals surface area contributed by atoms with E-state index in [1.54, 1.807) is 50.2 Å². The van der Waals surface area contributed by atoms with Crippen LogP contribution in [0.15, 0.2) is 72.0 Å². The average Bonchev–Trinajstić information content (AvgIpc) is 2.99. The monoisotopic (exact) mass is 671 g/mol. The fourth-order valence-corrected chi connectivity index (χ4v) is 6.03. The lowest BCUT2D eigenvalue weighted by Crippen LogP contribution is -2.46. The first-order valence-corrected chi connectivity index (χ1v) is 15.0. The maximum Gasteiger partial charge on any atom is 0.416 e. The van der Waals surface area contributed by atoms with Gasteiger partial charge in [-0.3, -0.25) is 9.59 Å². The fraction of sp³-hybridized carbons (Fsp3) is 0.314. The predicted molar refractivity (Wildman–Crippen MR) is 167 cm³/mol. The van der Waals surface area contributed by atoms with Crippen molar-refractivity contribution in [3.05, 3.63) is 106 Å². The van der Waals surface area contributed by atoms with Gasteiger partial charge < -0.3 is 30.1 Å². The van der Waals surface area contributed by atoms with Gasteiger partial charge >= 0.3 is 12.1 Å². The van der Waals surface area contributed by atoms with E-state index in [-0.39, 0.29) is 46.7 Å². The third-order valence-corrected chi connectivity index (χ3v) is 8.32. The van der Waals surface area contributed by atoms with Crippen LogP contribution in [0.5, 0.6) is 11.5 Å². The van der Waals surface area contributed by atoms with E-state index < -0.39 is 60.0 Å². The van der Waals surface area contributed by atoms with Gasteiger partial charge in [-0.15, -0.1) is 0 Å². The molecule has 0 saturated carbocycles. The van der Waals surface area contributed by atoms with Gasteiger partial charge in [0.1, 0.15) is 35.4 Å². The number of aliphatic hydroxyl groups excluding tert-OH is 1. The summed E-state index contributed by atoms with van der Waals surface area (Å²) in [5.41, 5.74) is -0.0887. The van der Waals surface area contributed by atoms with E-state index in [4.69, 9.17) is 4.74 Å². The number of fused-ring (bicyclic) bond motifs is 6. The first-order chi connectivity index (χ1) is 22.5.